The van der Waals surface area contributed by atoms with Crippen molar-refractivity contribution in [1.29, 1.82) is 0 Å². The Hall–Kier alpha value is -2.96. The van der Waals surface area contributed by atoms with Crippen molar-refractivity contribution < 1.29 is 14.3 Å². The molecule has 4 rings (SSSR count). The van der Waals surface area contributed by atoms with Crippen molar-refractivity contribution in [3.8, 4) is 5.75 Å². The number of hydrogen-bond acceptors (Lipinski definition) is 5. The molecule has 1 atom stereocenters. The third-order valence-corrected chi connectivity index (χ3v) is 6.59. The molecule has 31 heavy (non-hydrogen) atoms. The number of nitrogens with zero attached hydrogens (tertiary/aromatic N) is 4. The number of benzene rings is 1. The molecular formula is C24H30N4O3. The van der Waals surface area contributed by atoms with Gasteiger partial charge in [0.25, 0.3) is 5.91 Å². The average Bonchev–Trinajstić information content (AvgIpc) is 2.80. The van der Waals surface area contributed by atoms with E-state index in [1.54, 1.807) is 6.20 Å². The fourth-order valence-electron chi connectivity index (χ4n) is 4.84. The van der Waals surface area contributed by atoms with Gasteiger partial charge >= 0.3 is 0 Å². The van der Waals surface area contributed by atoms with Crippen molar-refractivity contribution in [1.82, 2.24) is 19.8 Å². The fraction of sp³-hybridized carbons (Fsp3) is 0.500. The Morgan fingerprint density at radius 2 is 1.90 bits per heavy atom. The van der Waals surface area contributed by atoms with E-state index >= 15 is 0 Å². The minimum atomic E-state index is -0.346. The Bertz CT molecular complexity index is 921. The van der Waals surface area contributed by atoms with Crippen LogP contribution >= 0.6 is 0 Å². The van der Waals surface area contributed by atoms with E-state index < -0.39 is 0 Å². The van der Waals surface area contributed by atoms with Crippen LogP contribution in [-0.4, -0.2) is 63.4 Å². The SMILES string of the molecule is CCN(CC)C(=O)C[C@H]1CC2(CCN(C(=O)c3cnccn3)CC2)Oc2ccccc21. The predicted octanol–water partition coefficient (Wildman–Crippen LogP) is 3.28. The summed E-state index contributed by atoms with van der Waals surface area (Å²) in [5.74, 6) is 1.10. The molecule has 1 fully saturated rings. The van der Waals surface area contributed by atoms with E-state index in [4.69, 9.17) is 4.74 Å². The smallest absolute Gasteiger partial charge is 0.274 e. The minimum Gasteiger partial charge on any atom is -0.487 e. The first-order valence-corrected chi connectivity index (χ1v) is 11.2. The zero-order chi connectivity index (χ0) is 21.8. The average molecular weight is 423 g/mol. The molecule has 1 aromatic carbocycles. The number of aromatic nitrogens is 2. The molecule has 7 nitrogen and oxygen atoms in total. The Kier molecular flexibility index (Phi) is 6.20. The van der Waals surface area contributed by atoms with Crippen molar-refractivity contribution in [2.45, 2.75) is 51.0 Å². The first-order valence-electron chi connectivity index (χ1n) is 11.2. The summed E-state index contributed by atoms with van der Waals surface area (Å²) >= 11 is 0. The van der Waals surface area contributed by atoms with Gasteiger partial charge in [-0.1, -0.05) is 18.2 Å². The number of piperidine rings is 1. The maximum absolute atomic E-state index is 12.9. The molecule has 0 N–H and O–H groups in total. The first-order chi connectivity index (χ1) is 15.0. The van der Waals surface area contributed by atoms with Crippen LogP contribution in [0.1, 0.15) is 61.5 Å². The van der Waals surface area contributed by atoms with Gasteiger partial charge in [0.2, 0.25) is 5.91 Å². The van der Waals surface area contributed by atoms with Crippen LogP contribution in [0.5, 0.6) is 5.75 Å². The van der Waals surface area contributed by atoms with Gasteiger partial charge in [-0.05, 0) is 31.9 Å². The highest BCUT2D eigenvalue weighted by molar-refractivity contribution is 5.92. The van der Waals surface area contributed by atoms with Gasteiger partial charge in [0.05, 0.1) is 6.20 Å². The minimum absolute atomic E-state index is 0.0904. The molecule has 1 aromatic heterocycles. The topological polar surface area (TPSA) is 75.6 Å². The fourth-order valence-corrected chi connectivity index (χ4v) is 4.84. The third kappa shape index (κ3) is 4.40. The summed E-state index contributed by atoms with van der Waals surface area (Å²) < 4.78 is 6.53. The molecule has 0 radical (unpaired) electrons. The third-order valence-electron chi connectivity index (χ3n) is 6.59. The van der Waals surface area contributed by atoms with Gasteiger partial charge in [0, 0.05) is 63.8 Å². The van der Waals surface area contributed by atoms with Gasteiger partial charge in [0.1, 0.15) is 17.0 Å². The molecule has 164 valence electrons. The summed E-state index contributed by atoms with van der Waals surface area (Å²) in [6, 6.07) is 8.07. The normalized spacial score (nSPS) is 19.4. The Labute approximate surface area is 183 Å². The number of carbonyl (C=O) groups excluding carboxylic acids is 2. The molecule has 7 heteroatoms. The second-order valence-corrected chi connectivity index (χ2v) is 8.38. The number of ether oxygens (including phenoxy) is 1. The summed E-state index contributed by atoms with van der Waals surface area (Å²) in [6.45, 7) is 6.70. The van der Waals surface area contributed by atoms with Gasteiger partial charge in [-0.25, -0.2) is 4.98 Å². The lowest BCUT2D eigenvalue weighted by molar-refractivity contribution is -0.131. The Balaban J connectivity index is 1.50. The van der Waals surface area contributed by atoms with Crippen LogP contribution < -0.4 is 4.74 Å². The van der Waals surface area contributed by atoms with Crippen LogP contribution in [0.4, 0.5) is 0 Å². The molecular weight excluding hydrogens is 392 g/mol. The molecule has 2 aromatic rings. The number of fused-ring (bicyclic) bond motifs is 1. The second kappa shape index (κ2) is 9.04. The number of rotatable bonds is 5. The van der Waals surface area contributed by atoms with Gasteiger partial charge in [0.15, 0.2) is 0 Å². The lowest BCUT2D eigenvalue weighted by Crippen LogP contribution is -2.52. The zero-order valence-corrected chi connectivity index (χ0v) is 18.3. The van der Waals surface area contributed by atoms with Gasteiger partial charge in [-0.2, -0.15) is 0 Å². The monoisotopic (exact) mass is 422 g/mol. The summed E-state index contributed by atoms with van der Waals surface area (Å²) in [5.41, 5.74) is 1.14. The highest BCUT2D eigenvalue weighted by atomic mass is 16.5. The van der Waals surface area contributed by atoms with E-state index in [1.165, 1.54) is 12.4 Å². The van der Waals surface area contributed by atoms with E-state index in [0.29, 0.717) is 25.2 Å². The quantitative estimate of drug-likeness (QED) is 0.739. The van der Waals surface area contributed by atoms with Crippen molar-refractivity contribution in [2.24, 2.45) is 0 Å². The van der Waals surface area contributed by atoms with Crippen LogP contribution in [0, 0.1) is 0 Å². The van der Waals surface area contributed by atoms with Crippen molar-refractivity contribution >= 4 is 11.8 Å². The molecule has 0 aliphatic carbocycles. The van der Waals surface area contributed by atoms with Crippen molar-refractivity contribution in [3.63, 3.8) is 0 Å². The second-order valence-electron chi connectivity index (χ2n) is 8.38. The highest BCUT2D eigenvalue weighted by Gasteiger charge is 2.44. The van der Waals surface area contributed by atoms with Gasteiger partial charge < -0.3 is 14.5 Å². The molecule has 1 spiro atoms. The summed E-state index contributed by atoms with van der Waals surface area (Å²) in [6.07, 6.45) is 7.38. The summed E-state index contributed by atoms with van der Waals surface area (Å²) in [5, 5.41) is 0. The number of para-hydroxylation sites is 1. The van der Waals surface area contributed by atoms with Crippen LogP contribution in [0.15, 0.2) is 42.9 Å². The van der Waals surface area contributed by atoms with Crippen molar-refractivity contribution in [2.75, 3.05) is 26.2 Å². The molecule has 3 heterocycles. The molecule has 0 unspecified atom stereocenters. The van der Waals surface area contributed by atoms with E-state index in [0.717, 1.165) is 43.7 Å². The number of amides is 2. The van der Waals surface area contributed by atoms with Crippen LogP contribution in [0.3, 0.4) is 0 Å². The van der Waals surface area contributed by atoms with E-state index in [9.17, 15) is 9.59 Å². The van der Waals surface area contributed by atoms with Gasteiger partial charge in [-0.15, -0.1) is 0 Å². The van der Waals surface area contributed by atoms with Crippen molar-refractivity contribution in [3.05, 3.63) is 54.1 Å². The van der Waals surface area contributed by atoms with E-state index in [-0.39, 0.29) is 23.3 Å². The lowest BCUT2D eigenvalue weighted by Gasteiger charge is -2.47. The predicted molar refractivity (Wildman–Crippen MR) is 117 cm³/mol. The Morgan fingerprint density at radius 1 is 1.16 bits per heavy atom. The summed E-state index contributed by atoms with van der Waals surface area (Å²) in [7, 11) is 0. The molecule has 2 aliphatic rings. The Morgan fingerprint density at radius 3 is 2.58 bits per heavy atom. The summed E-state index contributed by atoms with van der Waals surface area (Å²) in [4.78, 5) is 37.5. The van der Waals surface area contributed by atoms with E-state index in [2.05, 4.69) is 16.0 Å². The number of hydrogen-bond donors (Lipinski definition) is 0. The largest absolute Gasteiger partial charge is 0.487 e. The maximum atomic E-state index is 12.9. The van der Waals surface area contributed by atoms with E-state index in [1.807, 2.05) is 41.8 Å². The molecule has 2 amide bonds. The number of likely N-dealkylation sites (tertiary alicyclic amines) is 1. The molecule has 2 aliphatic heterocycles. The standard InChI is InChI=1S/C24H30N4O3/c1-3-27(4-2)22(29)15-18-16-24(31-21-8-6-5-7-19(18)21)9-13-28(14-10-24)23(30)20-17-25-11-12-26-20/h5-8,11-12,17-18H,3-4,9-10,13-16H2,1-2H3/t18-/m0/s1. The zero-order valence-electron chi connectivity index (χ0n) is 18.3. The lowest BCUT2D eigenvalue weighted by atomic mass is 9.76. The highest BCUT2D eigenvalue weighted by Crippen LogP contribution is 2.46. The van der Waals surface area contributed by atoms with Crippen LogP contribution in [-0.2, 0) is 4.79 Å². The van der Waals surface area contributed by atoms with Gasteiger partial charge in [-0.3, -0.25) is 14.6 Å². The maximum Gasteiger partial charge on any atom is 0.274 e. The first kappa shape index (κ1) is 21.3. The molecule has 0 bridgehead atoms. The van der Waals surface area contributed by atoms with Crippen LogP contribution in [0.25, 0.3) is 0 Å². The van der Waals surface area contributed by atoms with Crippen LogP contribution in [0.2, 0.25) is 0 Å². The molecule has 1 saturated heterocycles. The molecule has 0 saturated carbocycles. The number of carbonyl (C=O) groups is 2.